The Labute approximate surface area is 211 Å². The van der Waals surface area contributed by atoms with Gasteiger partial charge in [0, 0.05) is 49.0 Å². The van der Waals surface area contributed by atoms with Crippen molar-refractivity contribution in [1.29, 1.82) is 0 Å². The summed E-state index contributed by atoms with van der Waals surface area (Å²) in [5.41, 5.74) is 0. The maximum absolute atomic E-state index is 12.8. The molecule has 1 aromatic carbocycles. The number of piperazine rings is 1. The number of pyridine rings is 1. The first-order valence-corrected chi connectivity index (χ1v) is 13.4. The van der Waals surface area contributed by atoms with Crippen LogP contribution in [0, 0.1) is 0 Å². The Bertz CT molecular complexity index is 1250. The predicted octanol–water partition coefficient (Wildman–Crippen LogP) is 3.76. The molecule has 1 atom stereocenters. The predicted molar refractivity (Wildman–Crippen MR) is 133 cm³/mol. The molecular formula is C21H21Cl2N5O4S2. The number of hydrogen-bond acceptors (Lipinski definition) is 8. The van der Waals surface area contributed by atoms with Crippen LogP contribution in [0.2, 0.25) is 10.0 Å². The number of carbonyl (C=O) groups is 1. The summed E-state index contributed by atoms with van der Waals surface area (Å²) in [6, 6.07) is 8.00. The molecular weight excluding hydrogens is 521 g/mol. The van der Waals surface area contributed by atoms with Gasteiger partial charge in [-0.1, -0.05) is 23.2 Å². The number of anilines is 2. The first-order chi connectivity index (χ1) is 16.2. The summed E-state index contributed by atoms with van der Waals surface area (Å²) in [4.78, 5) is 24.8. The normalized spacial score (nSPS) is 15.1. The minimum absolute atomic E-state index is 0.0482. The van der Waals surface area contributed by atoms with Gasteiger partial charge in [-0.15, -0.1) is 11.3 Å². The van der Waals surface area contributed by atoms with Crippen molar-refractivity contribution in [1.82, 2.24) is 14.9 Å². The Morgan fingerprint density at radius 1 is 1.15 bits per heavy atom. The number of thiazole rings is 1. The number of nitrogens with zero attached hydrogens (tertiary/aromatic N) is 4. The van der Waals surface area contributed by atoms with Crippen molar-refractivity contribution in [3.63, 3.8) is 0 Å². The van der Waals surface area contributed by atoms with Crippen molar-refractivity contribution in [2.45, 2.75) is 17.9 Å². The highest BCUT2D eigenvalue weighted by molar-refractivity contribution is 7.93. The van der Waals surface area contributed by atoms with Gasteiger partial charge in [-0.05, 0) is 37.3 Å². The average molecular weight is 542 g/mol. The third-order valence-corrected chi connectivity index (χ3v) is 7.82. The highest BCUT2D eigenvalue weighted by Gasteiger charge is 2.27. The van der Waals surface area contributed by atoms with E-state index in [1.807, 2.05) is 4.90 Å². The van der Waals surface area contributed by atoms with Crippen LogP contribution in [-0.4, -0.2) is 61.5 Å². The zero-order valence-corrected chi connectivity index (χ0v) is 21.2. The molecule has 0 aliphatic carbocycles. The maximum atomic E-state index is 12.8. The van der Waals surface area contributed by atoms with Gasteiger partial charge in [0.05, 0.1) is 5.02 Å². The second kappa shape index (κ2) is 10.3. The van der Waals surface area contributed by atoms with Crippen LogP contribution >= 0.6 is 34.5 Å². The molecule has 34 heavy (non-hydrogen) atoms. The van der Waals surface area contributed by atoms with Crippen LogP contribution in [0.5, 0.6) is 5.75 Å². The van der Waals surface area contributed by atoms with Crippen LogP contribution in [0.4, 0.5) is 10.9 Å². The van der Waals surface area contributed by atoms with Gasteiger partial charge in [-0.2, -0.15) is 0 Å². The molecule has 0 spiro atoms. The number of sulfonamides is 1. The van der Waals surface area contributed by atoms with Gasteiger partial charge in [0.15, 0.2) is 11.2 Å². The Kier molecular flexibility index (Phi) is 7.46. The fourth-order valence-corrected chi connectivity index (χ4v) is 5.58. The largest absolute Gasteiger partial charge is 0.479 e. The van der Waals surface area contributed by atoms with Crippen LogP contribution in [-0.2, 0) is 14.8 Å². The van der Waals surface area contributed by atoms with Crippen LogP contribution < -0.4 is 14.4 Å². The number of hydrogen-bond donors (Lipinski definition) is 1. The number of rotatable bonds is 7. The zero-order valence-electron chi connectivity index (χ0n) is 18.0. The number of carbonyl (C=O) groups excluding carboxylic acids is 1. The zero-order chi connectivity index (χ0) is 24.3. The lowest BCUT2D eigenvalue weighted by Gasteiger charge is -2.36. The summed E-state index contributed by atoms with van der Waals surface area (Å²) in [5, 5.41) is 2.81. The third kappa shape index (κ3) is 5.72. The number of halogens is 2. The second-order valence-corrected chi connectivity index (χ2v) is 10.9. The Morgan fingerprint density at radius 3 is 2.53 bits per heavy atom. The molecule has 9 nitrogen and oxygen atoms in total. The molecule has 1 aliphatic rings. The molecule has 1 fully saturated rings. The van der Waals surface area contributed by atoms with Gasteiger partial charge in [0.2, 0.25) is 0 Å². The van der Waals surface area contributed by atoms with E-state index in [1.54, 1.807) is 41.5 Å². The summed E-state index contributed by atoms with van der Waals surface area (Å²) in [5.74, 6) is 0.889. The fraction of sp³-hybridized carbons (Fsp3) is 0.286. The van der Waals surface area contributed by atoms with Crippen molar-refractivity contribution < 1.29 is 17.9 Å². The molecule has 4 rings (SSSR count). The molecule has 3 heterocycles. The summed E-state index contributed by atoms with van der Waals surface area (Å²) in [6.07, 6.45) is 2.13. The van der Waals surface area contributed by atoms with Crippen molar-refractivity contribution in [3.05, 3.63) is 58.2 Å². The van der Waals surface area contributed by atoms with E-state index in [2.05, 4.69) is 14.7 Å². The molecule has 0 saturated carbocycles. The van der Waals surface area contributed by atoms with Crippen molar-refractivity contribution in [2.24, 2.45) is 0 Å². The maximum Gasteiger partial charge on any atom is 0.265 e. The second-order valence-electron chi connectivity index (χ2n) is 7.44. The lowest BCUT2D eigenvalue weighted by atomic mass is 10.2. The molecule has 1 N–H and O–H groups in total. The van der Waals surface area contributed by atoms with E-state index in [9.17, 15) is 13.2 Å². The van der Waals surface area contributed by atoms with Gasteiger partial charge >= 0.3 is 0 Å². The molecule has 1 aliphatic heterocycles. The highest BCUT2D eigenvalue weighted by atomic mass is 35.5. The number of ether oxygens (including phenoxy) is 1. The highest BCUT2D eigenvalue weighted by Crippen LogP contribution is 2.28. The molecule has 0 bridgehead atoms. The van der Waals surface area contributed by atoms with Crippen LogP contribution in [0.15, 0.2) is 53.0 Å². The summed E-state index contributed by atoms with van der Waals surface area (Å²) >= 11 is 13.2. The van der Waals surface area contributed by atoms with E-state index in [1.165, 1.54) is 29.8 Å². The van der Waals surface area contributed by atoms with E-state index in [0.29, 0.717) is 52.9 Å². The Morgan fingerprint density at radius 2 is 1.91 bits per heavy atom. The smallest absolute Gasteiger partial charge is 0.265 e. The number of benzene rings is 1. The molecule has 13 heteroatoms. The van der Waals surface area contributed by atoms with Crippen molar-refractivity contribution in [3.8, 4) is 5.75 Å². The van der Waals surface area contributed by atoms with E-state index < -0.39 is 16.1 Å². The molecule has 0 unspecified atom stereocenters. The minimum Gasteiger partial charge on any atom is -0.479 e. The SMILES string of the molecule is C[C@@H](Oc1ccc(Cl)cc1Cl)C(=O)N1CCN(c2ccc(S(=O)(=O)Nc3nccs3)cn2)CC1. The van der Waals surface area contributed by atoms with E-state index in [-0.39, 0.29) is 10.8 Å². The Hall–Kier alpha value is -2.60. The third-order valence-electron chi connectivity index (χ3n) is 5.15. The van der Waals surface area contributed by atoms with Crippen LogP contribution in [0.25, 0.3) is 0 Å². The van der Waals surface area contributed by atoms with Crippen LogP contribution in [0.1, 0.15) is 6.92 Å². The number of aromatic nitrogens is 2. The molecule has 2 aromatic heterocycles. The van der Waals surface area contributed by atoms with Crippen molar-refractivity contribution >= 4 is 61.4 Å². The van der Waals surface area contributed by atoms with E-state index in [0.717, 1.165) is 0 Å². The average Bonchev–Trinajstić information content (AvgIpc) is 3.33. The first kappa shape index (κ1) is 24.5. The van der Waals surface area contributed by atoms with Gasteiger partial charge in [0.1, 0.15) is 16.5 Å². The number of amides is 1. The molecule has 1 amide bonds. The fourth-order valence-electron chi connectivity index (χ4n) is 3.39. The van der Waals surface area contributed by atoms with Crippen molar-refractivity contribution in [2.75, 3.05) is 35.8 Å². The molecule has 1 saturated heterocycles. The number of nitrogens with one attached hydrogen (secondary N) is 1. The summed E-state index contributed by atoms with van der Waals surface area (Å²) in [6.45, 7) is 3.75. The van der Waals surface area contributed by atoms with Crippen LogP contribution in [0.3, 0.4) is 0 Å². The van der Waals surface area contributed by atoms with E-state index in [4.69, 9.17) is 27.9 Å². The monoisotopic (exact) mass is 541 g/mol. The summed E-state index contributed by atoms with van der Waals surface area (Å²) < 4.78 is 33.1. The van der Waals surface area contributed by atoms with Gasteiger partial charge in [0.25, 0.3) is 15.9 Å². The summed E-state index contributed by atoms with van der Waals surface area (Å²) in [7, 11) is -3.76. The first-order valence-electron chi connectivity index (χ1n) is 10.3. The minimum atomic E-state index is -3.76. The van der Waals surface area contributed by atoms with Gasteiger partial charge in [-0.3, -0.25) is 9.52 Å². The van der Waals surface area contributed by atoms with E-state index >= 15 is 0 Å². The molecule has 180 valence electrons. The lowest BCUT2D eigenvalue weighted by Crippen LogP contribution is -2.52. The lowest BCUT2D eigenvalue weighted by molar-refractivity contribution is -0.138. The standard InChI is InChI=1S/C21H21Cl2N5O4S2/c1-14(32-18-4-2-15(22)12-17(18)23)20(29)28-9-7-27(8-10-28)19-5-3-16(13-25-19)34(30,31)26-21-24-6-11-33-21/h2-6,11-14H,7-10H2,1H3,(H,24,26)/t14-/m1/s1. The quantitative estimate of drug-likeness (QED) is 0.485. The molecule has 0 radical (unpaired) electrons. The topological polar surface area (TPSA) is 105 Å². The Balaban J connectivity index is 1.33. The van der Waals surface area contributed by atoms with Gasteiger partial charge < -0.3 is 14.5 Å². The molecule has 3 aromatic rings. The van der Waals surface area contributed by atoms with Gasteiger partial charge in [-0.25, -0.2) is 18.4 Å².